The second-order valence-corrected chi connectivity index (χ2v) is 6.54. The lowest BCUT2D eigenvalue weighted by Crippen LogP contribution is -2.16. The molecule has 0 spiro atoms. The number of phenolic OH excluding ortho intramolecular Hbond substituents is 1. The van der Waals surface area contributed by atoms with E-state index in [1.54, 1.807) is 24.3 Å². The predicted molar refractivity (Wildman–Crippen MR) is 103 cm³/mol. The fourth-order valence-electron chi connectivity index (χ4n) is 2.95. The van der Waals surface area contributed by atoms with Crippen LogP contribution in [0.15, 0.2) is 53.3 Å². The van der Waals surface area contributed by atoms with E-state index in [1.807, 2.05) is 37.2 Å². The second-order valence-electron chi connectivity index (χ2n) is 6.54. The number of esters is 1. The van der Waals surface area contributed by atoms with Crippen molar-refractivity contribution < 1.29 is 14.6 Å². The lowest BCUT2D eigenvalue weighted by atomic mass is 10.1. The molecule has 0 saturated heterocycles. The molecule has 1 N–H and O–H groups in total. The van der Waals surface area contributed by atoms with Crippen LogP contribution in [0.25, 0.3) is 21.5 Å². The molecule has 0 heterocycles. The Morgan fingerprint density at radius 2 is 1.81 bits per heavy atom. The SMILES string of the molecule is CN(C)CCCC(=O)Oc1cc(O)c2c(=O)c3ccccc3ccc2c1. The smallest absolute Gasteiger partial charge is 0.311 e. The Hall–Kier alpha value is -2.92. The van der Waals surface area contributed by atoms with Gasteiger partial charge in [-0.05, 0) is 43.9 Å². The summed E-state index contributed by atoms with van der Waals surface area (Å²) in [6.07, 6.45) is 0.979. The number of rotatable bonds is 5. The van der Waals surface area contributed by atoms with Gasteiger partial charge < -0.3 is 14.7 Å². The van der Waals surface area contributed by atoms with Gasteiger partial charge in [0.05, 0.1) is 5.39 Å². The summed E-state index contributed by atoms with van der Waals surface area (Å²) >= 11 is 0. The Kier molecular flexibility index (Phi) is 5.19. The number of carbonyl (C=O) groups is 1. The molecule has 3 aromatic rings. The Bertz CT molecular complexity index is 1030. The summed E-state index contributed by atoms with van der Waals surface area (Å²) in [6.45, 7) is 0.792. The molecule has 0 aliphatic carbocycles. The van der Waals surface area contributed by atoms with Crippen molar-refractivity contribution in [3.05, 3.63) is 58.8 Å². The Morgan fingerprint density at radius 1 is 1.08 bits per heavy atom. The van der Waals surface area contributed by atoms with E-state index in [-0.39, 0.29) is 34.7 Å². The highest BCUT2D eigenvalue weighted by Crippen LogP contribution is 2.29. The number of ether oxygens (including phenoxy) is 1. The highest BCUT2D eigenvalue weighted by molar-refractivity contribution is 5.97. The normalized spacial score (nSPS) is 11.2. The van der Waals surface area contributed by atoms with Crippen LogP contribution in [0, 0.1) is 0 Å². The molecule has 0 atom stereocenters. The first-order chi connectivity index (χ1) is 12.5. The van der Waals surface area contributed by atoms with Gasteiger partial charge in [0, 0.05) is 17.9 Å². The summed E-state index contributed by atoms with van der Waals surface area (Å²) in [5.41, 5.74) is -0.248. The van der Waals surface area contributed by atoms with Crippen LogP contribution in [0.3, 0.4) is 0 Å². The van der Waals surface area contributed by atoms with E-state index in [4.69, 9.17) is 4.74 Å². The molecule has 5 nitrogen and oxygen atoms in total. The molecular formula is C21H21NO4. The summed E-state index contributed by atoms with van der Waals surface area (Å²) < 4.78 is 5.33. The van der Waals surface area contributed by atoms with Gasteiger partial charge in [0.2, 0.25) is 0 Å². The van der Waals surface area contributed by atoms with Gasteiger partial charge in [0.15, 0.2) is 5.43 Å². The number of aromatic hydroxyl groups is 1. The largest absolute Gasteiger partial charge is 0.507 e. The zero-order valence-electron chi connectivity index (χ0n) is 14.9. The first-order valence-corrected chi connectivity index (χ1v) is 8.50. The van der Waals surface area contributed by atoms with E-state index < -0.39 is 0 Å². The van der Waals surface area contributed by atoms with E-state index in [9.17, 15) is 14.7 Å². The zero-order chi connectivity index (χ0) is 18.7. The van der Waals surface area contributed by atoms with Crippen LogP contribution in [-0.2, 0) is 4.79 Å². The summed E-state index contributed by atoms with van der Waals surface area (Å²) in [5, 5.41) is 12.4. The van der Waals surface area contributed by atoms with Crippen molar-refractivity contribution in [3.63, 3.8) is 0 Å². The molecule has 3 rings (SSSR count). The van der Waals surface area contributed by atoms with Gasteiger partial charge in [0.25, 0.3) is 0 Å². The molecule has 0 aliphatic rings. The molecule has 0 bridgehead atoms. The van der Waals surface area contributed by atoms with Gasteiger partial charge in [0.1, 0.15) is 11.5 Å². The third-order valence-corrected chi connectivity index (χ3v) is 4.21. The summed E-state index contributed by atoms with van der Waals surface area (Å²) in [6, 6.07) is 13.7. The van der Waals surface area contributed by atoms with Crippen molar-refractivity contribution >= 4 is 27.5 Å². The van der Waals surface area contributed by atoms with Crippen molar-refractivity contribution in [1.82, 2.24) is 4.90 Å². The summed E-state index contributed by atoms with van der Waals surface area (Å²) in [5.74, 6) is -0.317. The molecule has 0 amide bonds. The standard InChI is InChI=1S/C21H21NO4/c1-22(2)11-5-8-19(24)26-16-12-15-10-9-14-6-3-4-7-17(14)21(25)20(15)18(23)13-16/h3-4,6-7,9-10,12-13,23H,5,8,11H2,1-2H3. The van der Waals surface area contributed by atoms with Crippen LogP contribution >= 0.6 is 0 Å². The number of hydrogen-bond donors (Lipinski definition) is 1. The monoisotopic (exact) mass is 351 g/mol. The maximum atomic E-state index is 12.8. The average molecular weight is 351 g/mol. The molecule has 0 aliphatic heterocycles. The summed E-state index contributed by atoms with van der Waals surface area (Å²) in [7, 11) is 3.88. The quantitative estimate of drug-likeness (QED) is 0.564. The van der Waals surface area contributed by atoms with Gasteiger partial charge >= 0.3 is 5.97 Å². The van der Waals surface area contributed by atoms with E-state index in [2.05, 4.69) is 0 Å². The van der Waals surface area contributed by atoms with Gasteiger partial charge in [-0.25, -0.2) is 0 Å². The van der Waals surface area contributed by atoms with E-state index in [0.29, 0.717) is 17.2 Å². The zero-order valence-corrected chi connectivity index (χ0v) is 14.9. The first kappa shape index (κ1) is 17.9. The molecule has 0 fully saturated rings. The number of carbonyl (C=O) groups excluding carboxylic acids is 1. The summed E-state index contributed by atoms with van der Waals surface area (Å²) in [4.78, 5) is 26.7. The third-order valence-electron chi connectivity index (χ3n) is 4.21. The van der Waals surface area contributed by atoms with Crippen LogP contribution in [0.4, 0.5) is 0 Å². The van der Waals surface area contributed by atoms with Gasteiger partial charge in [-0.3, -0.25) is 9.59 Å². The van der Waals surface area contributed by atoms with Crippen LogP contribution in [0.2, 0.25) is 0 Å². The van der Waals surface area contributed by atoms with Crippen molar-refractivity contribution in [2.24, 2.45) is 0 Å². The fourth-order valence-corrected chi connectivity index (χ4v) is 2.95. The maximum Gasteiger partial charge on any atom is 0.311 e. The topological polar surface area (TPSA) is 66.8 Å². The van der Waals surface area contributed by atoms with Crippen LogP contribution in [-0.4, -0.2) is 36.6 Å². The number of phenols is 1. The molecule has 134 valence electrons. The van der Waals surface area contributed by atoms with Gasteiger partial charge in [-0.1, -0.05) is 36.4 Å². The van der Waals surface area contributed by atoms with E-state index in [0.717, 1.165) is 11.9 Å². The molecule has 26 heavy (non-hydrogen) atoms. The molecule has 5 heteroatoms. The lowest BCUT2D eigenvalue weighted by Gasteiger charge is -2.09. The Labute approximate surface area is 151 Å². The van der Waals surface area contributed by atoms with E-state index in [1.165, 1.54) is 6.07 Å². The van der Waals surface area contributed by atoms with Crippen LogP contribution < -0.4 is 10.2 Å². The van der Waals surface area contributed by atoms with E-state index >= 15 is 0 Å². The minimum atomic E-state index is -0.363. The van der Waals surface area contributed by atoms with Crippen molar-refractivity contribution in [3.8, 4) is 11.5 Å². The fraction of sp³-hybridized carbons (Fsp3) is 0.238. The molecular weight excluding hydrogens is 330 g/mol. The minimum Gasteiger partial charge on any atom is -0.507 e. The van der Waals surface area contributed by atoms with Gasteiger partial charge in [-0.2, -0.15) is 0 Å². The predicted octanol–water partition coefficient (Wildman–Crippen LogP) is 3.31. The molecule has 0 saturated carbocycles. The van der Waals surface area contributed by atoms with Gasteiger partial charge in [-0.15, -0.1) is 0 Å². The molecule has 3 aromatic carbocycles. The highest BCUT2D eigenvalue weighted by Gasteiger charge is 2.12. The average Bonchev–Trinajstić information content (AvgIpc) is 2.72. The third kappa shape index (κ3) is 3.83. The highest BCUT2D eigenvalue weighted by atomic mass is 16.5. The van der Waals surface area contributed by atoms with Crippen LogP contribution in [0.1, 0.15) is 12.8 Å². The first-order valence-electron chi connectivity index (χ1n) is 8.50. The van der Waals surface area contributed by atoms with Crippen LogP contribution in [0.5, 0.6) is 11.5 Å². The van der Waals surface area contributed by atoms with Crippen molar-refractivity contribution in [2.75, 3.05) is 20.6 Å². The molecule has 0 unspecified atom stereocenters. The minimum absolute atomic E-state index is 0.190. The molecule has 0 radical (unpaired) electrons. The second kappa shape index (κ2) is 7.54. The number of benzene rings is 2. The van der Waals surface area contributed by atoms with Crippen molar-refractivity contribution in [1.29, 1.82) is 0 Å². The van der Waals surface area contributed by atoms with Crippen molar-refractivity contribution in [2.45, 2.75) is 12.8 Å². The Balaban J connectivity index is 1.97. The maximum absolute atomic E-state index is 12.8. The molecule has 0 aromatic heterocycles. The lowest BCUT2D eigenvalue weighted by molar-refractivity contribution is -0.134. The number of fused-ring (bicyclic) bond motifs is 2. The number of hydrogen-bond acceptors (Lipinski definition) is 5. The Morgan fingerprint density at radius 3 is 2.58 bits per heavy atom. The number of nitrogens with zero attached hydrogens (tertiary/aromatic N) is 1.